The molecule has 0 aromatic rings. The first kappa shape index (κ1) is 8.06. The zero-order valence-corrected chi connectivity index (χ0v) is 6.66. The fourth-order valence-electron chi connectivity index (χ4n) is 0.915. The van der Waals surface area contributed by atoms with Gasteiger partial charge in [0.15, 0.2) is 0 Å². The fourth-order valence-corrected chi connectivity index (χ4v) is 0.915. The molecule has 0 saturated carbocycles. The first-order valence-electron chi connectivity index (χ1n) is 4.06. The zero-order valence-electron chi connectivity index (χ0n) is 6.66. The quantitative estimate of drug-likeness (QED) is 0.491. The number of hydrogen-bond acceptors (Lipinski definition) is 0. The van der Waals surface area contributed by atoms with Crippen LogP contribution in [-0.4, -0.2) is 0 Å². The van der Waals surface area contributed by atoms with Crippen molar-refractivity contribution in [2.24, 2.45) is 0 Å². The van der Waals surface area contributed by atoms with Gasteiger partial charge in [0.2, 0.25) is 0 Å². The van der Waals surface area contributed by atoms with Crippen molar-refractivity contribution in [1.29, 1.82) is 0 Å². The molecule has 1 aliphatic rings. The predicted octanol–water partition coefficient (Wildman–Crippen LogP) is 3.20. The highest BCUT2D eigenvalue weighted by Crippen LogP contribution is 1.99. The molecule has 0 unspecified atom stereocenters. The van der Waals surface area contributed by atoms with Gasteiger partial charge in [-0.3, -0.25) is 0 Å². The Bertz CT molecular complexity index is 170. The van der Waals surface area contributed by atoms with E-state index >= 15 is 0 Å². The largest absolute Gasteiger partial charge is 0.0845 e. The molecule has 0 heteroatoms. The smallest absolute Gasteiger partial charge is 0.0184 e. The van der Waals surface area contributed by atoms with Crippen molar-refractivity contribution in [3.63, 3.8) is 0 Å². The molecule has 0 N–H and O–H groups in total. The van der Waals surface area contributed by atoms with Crippen LogP contribution in [0.4, 0.5) is 0 Å². The second-order valence-corrected chi connectivity index (χ2v) is 2.48. The van der Waals surface area contributed by atoms with Gasteiger partial charge in [-0.1, -0.05) is 42.5 Å². The van der Waals surface area contributed by atoms with E-state index in [1.807, 2.05) is 18.2 Å². The van der Waals surface area contributed by atoms with E-state index in [-0.39, 0.29) is 0 Å². The molecule has 0 spiro atoms. The second kappa shape index (κ2) is 5.72. The SMILES string of the molecule is [C]1=CC=CCCCC=CC=C1. The Morgan fingerprint density at radius 2 is 1.73 bits per heavy atom. The van der Waals surface area contributed by atoms with E-state index in [9.17, 15) is 0 Å². The van der Waals surface area contributed by atoms with Crippen LogP contribution in [0.1, 0.15) is 19.3 Å². The Morgan fingerprint density at radius 1 is 0.909 bits per heavy atom. The van der Waals surface area contributed by atoms with Crippen LogP contribution in [0, 0.1) is 6.08 Å². The third-order valence-electron chi connectivity index (χ3n) is 1.51. The molecule has 0 saturated heterocycles. The summed E-state index contributed by atoms with van der Waals surface area (Å²) in [5.41, 5.74) is 0. The van der Waals surface area contributed by atoms with Crippen molar-refractivity contribution in [2.75, 3.05) is 0 Å². The zero-order chi connectivity index (χ0) is 7.78. The monoisotopic (exact) mass is 145 g/mol. The summed E-state index contributed by atoms with van der Waals surface area (Å²) < 4.78 is 0. The van der Waals surface area contributed by atoms with Crippen LogP contribution in [0.15, 0.2) is 42.5 Å². The van der Waals surface area contributed by atoms with E-state index in [4.69, 9.17) is 0 Å². The summed E-state index contributed by atoms with van der Waals surface area (Å²) in [4.78, 5) is 0. The van der Waals surface area contributed by atoms with Crippen molar-refractivity contribution in [1.82, 2.24) is 0 Å². The van der Waals surface area contributed by atoms with Gasteiger partial charge in [-0.05, 0) is 25.3 Å². The van der Waals surface area contributed by atoms with Crippen molar-refractivity contribution in [2.45, 2.75) is 19.3 Å². The maximum absolute atomic E-state index is 3.04. The number of hydrogen-bond donors (Lipinski definition) is 0. The van der Waals surface area contributed by atoms with Crippen LogP contribution >= 0.6 is 0 Å². The van der Waals surface area contributed by atoms with E-state index in [2.05, 4.69) is 30.4 Å². The minimum atomic E-state index is 1.17. The van der Waals surface area contributed by atoms with Gasteiger partial charge in [-0.25, -0.2) is 0 Å². The van der Waals surface area contributed by atoms with E-state index in [0.29, 0.717) is 0 Å². The Kier molecular flexibility index (Phi) is 4.19. The lowest BCUT2D eigenvalue weighted by atomic mass is 10.2. The molecule has 0 fully saturated rings. The summed E-state index contributed by atoms with van der Waals surface area (Å²) in [6.07, 6.45) is 21.0. The van der Waals surface area contributed by atoms with Crippen LogP contribution in [0.5, 0.6) is 0 Å². The van der Waals surface area contributed by atoms with E-state index in [1.54, 1.807) is 0 Å². The molecule has 1 aliphatic carbocycles. The average Bonchev–Trinajstić information content (AvgIpc) is 2.08. The summed E-state index contributed by atoms with van der Waals surface area (Å²) in [5, 5.41) is 0. The van der Waals surface area contributed by atoms with Crippen LogP contribution in [0.3, 0.4) is 0 Å². The number of rotatable bonds is 0. The van der Waals surface area contributed by atoms with Gasteiger partial charge < -0.3 is 0 Å². The first-order valence-corrected chi connectivity index (χ1v) is 4.06. The lowest BCUT2D eigenvalue weighted by molar-refractivity contribution is 0.868. The average molecular weight is 145 g/mol. The molecule has 0 atom stereocenters. The van der Waals surface area contributed by atoms with Gasteiger partial charge in [0.1, 0.15) is 0 Å². The molecule has 11 heavy (non-hydrogen) atoms. The van der Waals surface area contributed by atoms with Gasteiger partial charge >= 0.3 is 0 Å². The second-order valence-electron chi connectivity index (χ2n) is 2.48. The molecule has 0 nitrogen and oxygen atoms in total. The normalized spacial score (nSPS) is 18.2. The molecule has 0 bridgehead atoms. The highest BCUT2D eigenvalue weighted by Gasteiger charge is 1.79. The molecule has 1 rings (SSSR count). The standard InChI is InChI=1S/C11H13/c1-2-4-6-8-10-11-9-7-5-3-1/h1-4,8,10-11H,5,7,9H2. The summed E-state index contributed by atoms with van der Waals surface area (Å²) in [6, 6.07) is 0. The van der Waals surface area contributed by atoms with Crippen LogP contribution < -0.4 is 0 Å². The van der Waals surface area contributed by atoms with Crippen molar-refractivity contribution >= 4 is 0 Å². The third kappa shape index (κ3) is 4.38. The van der Waals surface area contributed by atoms with Crippen molar-refractivity contribution in [3.8, 4) is 0 Å². The van der Waals surface area contributed by atoms with Crippen LogP contribution in [0.2, 0.25) is 0 Å². The maximum Gasteiger partial charge on any atom is -0.0184 e. The molecular weight excluding hydrogens is 132 g/mol. The molecule has 0 aromatic carbocycles. The van der Waals surface area contributed by atoms with Gasteiger partial charge in [0.05, 0.1) is 0 Å². The van der Waals surface area contributed by atoms with Gasteiger partial charge in [-0.2, -0.15) is 0 Å². The first-order chi connectivity index (χ1) is 5.50. The Hall–Kier alpha value is -1.04. The Labute approximate surface area is 68.6 Å². The molecule has 57 valence electrons. The highest BCUT2D eigenvalue weighted by molar-refractivity contribution is 5.11. The van der Waals surface area contributed by atoms with Crippen molar-refractivity contribution in [3.05, 3.63) is 48.6 Å². The lowest BCUT2D eigenvalue weighted by Gasteiger charge is -1.87. The summed E-state index contributed by atoms with van der Waals surface area (Å²) in [7, 11) is 0. The lowest BCUT2D eigenvalue weighted by Crippen LogP contribution is -1.67. The fraction of sp³-hybridized carbons (Fsp3) is 0.273. The minimum Gasteiger partial charge on any atom is -0.0845 e. The third-order valence-corrected chi connectivity index (χ3v) is 1.51. The van der Waals surface area contributed by atoms with Crippen LogP contribution in [0.25, 0.3) is 0 Å². The van der Waals surface area contributed by atoms with Gasteiger partial charge in [0.25, 0.3) is 0 Å². The summed E-state index contributed by atoms with van der Waals surface area (Å²) >= 11 is 0. The Morgan fingerprint density at radius 3 is 2.64 bits per heavy atom. The van der Waals surface area contributed by atoms with Crippen molar-refractivity contribution < 1.29 is 0 Å². The highest BCUT2D eigenvalue weighted by atomic mass is 13.9. The van der Waals surface area contributed by atoms with E-state index in [0.717, 1.165) is 0 Å². The van der Waals surface area contributed by atoms with Gasteiger partial charge in [0, 0.05) is 0 Å². The molecule has 0 aliphatic heterocycles. The van der Waals surface area contributed by atoms with E-state index < -0.39 is 0 Å². The van der Waals surface area contributed by atoms with Crippen LogP contribution in [-0.2, 0) is 0 Å². The summed E-state index contributed by atoms with van der Waals surface area (Å²) in [5.74, 6) is 0. The minimum absolute atomic E-state index is 1.17. The summed E-state index contributed by atoms with van der Waals surface area (Å²) in [6.45, 7) is 0. The van der Waals surface area contributed by atoms with Gasteiger partial charge in [-0.15, -0.1) is 0 Å². The maximum atomic E-state index is 3.04. The molecule has 0 amide bonds. The molecule has 0 heterocycles. The molecule has 1 radical (unpaired) electrons. The van der Waals surface area contributed by atoms with E-state index in [1.165, 1.54) is 19.3 Å². The number of allylic oxidation sites excluding steroid dienone is 8. The predicted molar refractivity (Wildman–Crippen MR) is 49.1 cm³/mol. The Balaban J connectivity index is 2.47. The molecular formula is C11H13. The molecule has 0 aromatic heterocycles. The topological polar surface area (TPSA) is 0 Å².